The average molecular weight is 476 g/mol. The van der Waals surface area contributed by atoms with Gasteiger partial charge in [-0.05, 0) is 24.8 Å². The van der Waals surface area contributed by atoms with Gasteiger partial charge in [-0.25, -0.2) is 4.79 Å². The van der Waals surface area contributed by atoms with E-state index in [9.17, 15) is 15.0 Å². The van der Waals surface area contributed by atoms with Gasteiger partial charge < -0.3 is 44.6 Å². The van der Waals surface area contributed by atoms with Crippen LogP contribution in [0.3, 0.4) is 0 Å². The molecule has 192 valence electrons. The maximum absolute atomic E-state index is 11.9. The lowest BCUT2D eigenvalue weighted by Gasteiger charge is -2.29. The Morgan fingerprint density at radius 2 is 1.55 bits per heavy atom. The number of amides is 1. The van der Waals surface area contributed by atoms with Gasteiger partial charge in [0, 0.05) is 20.3 Å². The lowest BCUT2D eigenvalue weighted by atomic mass is 10.1. The summed E-state index contributed by atoms with van der Waals surface area (Å²) in [5, 5.41) is 44.5. The van der Waals surface area contributed by atoms with E-state index < -0.39 is 30.5 Å². The summed E-state index contributed by atoms with van der Waals surface area (Å²) >= 11 is 0. The summed E-state index contributed by atoms with van der Waals surface area (Å²) in [6, 6.07) is 9.35. The van der Waals surface area contributed by atoms with E-state index in [1.54, 1.807) is 0 Å². The molecule has 10 heteroatoms. The molecule has 2 saturated heterocycles. The van der Waals surface area contributed by atoms with Crippen LogP contribution >= 0.6 is 0 Å². The summed E-state index contributed by atoms with van der Waals surface area (Å²) in [4.78, 5) is 13.3. The van der Waals surface area contributed by atoms with Gasteiger partial charge >= 0.3 is 6.09 Å². The minimum absolute atomic E-state index is 0. The largest absolute Gasteiger partial charge is 0.445 e. The van der Waals surface area contributed by atoms with Crippen LogP contribution in [0.5, 0.6) is 0 Å². The Morgan fingerprint density at radius 3 is 2.21 bits per heavy atom. The number of hydrogen-bond acceptors (Lipinski definition) is 9. The standard InChI is InChI=1S/C14H19NO5.C7H14O3.CH4O.CH4/c16-12-8-15(6-7-19-10-13(12)17)14(18)20-9-11-4-2-1-3-5-11;8-6-3-1-2-4-10-5-7(6)9;1-2;/h1-5,12-13,16-17H,6-10H2;6-9H,1-5H2;2H,1H3;1H4/t12-,13-;6-,7-;;/m11../s1. The van der Waals surface area contributed by atoms with Crippen LogP contribution in [0, 0.1) is 0 Å². The van der Waals surface area contributed by atoms with Crippen molar-refractivity contribution in [3.05, 3.63) is 35.9 Å². The Labute approximate surface area is 196 Å². The molecule has 0 radical (unpaired) electrons. The number of nitrogens with zero attached hydrogens (tertiary/aromatic N) is 1. The van der Waals surface area contributed by atoms with Gasteiger partial charge in [-0.3, -0.25) is 0 Å². The van der Waals surface area contributed by atoms with Gasteiger partial charge in [0.2, 0.25) is 0 Å². The first-order valence-corrected chi connectivity index (χ1v) is 10.8. The molecule has 0 aliphatic carbocycles. The Balaban J connectivity index is 0.000000666. The number of carbonyl (C=O) groups is 1. The molecule has 0 unspecified atom stereocenters. The fraction of sp³-hybridized carbons (Fsp3) is 0.696. The molecule has 2 fully saturated rings. The van der Waals surface area contributed by atoms with Crippen molar-refractivity contribution in [2.75, 3.05) is 46.6 Å². The topological polar surface area (TPSA) is 149 Å². The molecule has 2 aliphatic rings. The molecule has 1 amide bonds. The predicted molar refractivity (Wildman–Crippen MR) is 123 cm³/mol. The zero-order valence-electron chi connectivity index (χ0n) is 18.6. The fourth-order valence-corrected chi connectivity index (χ4v) is 2.97. The molecular weight excluding hydrogens is 434 g/mol. The third kappa shape index (κ3) is 12.9. The van der Waals surface area contributed by atoms with E-state index in [-0.39, 0.29) is 33.8 Å². The van der Waals surface area contributed by atoms with Crippen molar-refractivity contribution in [3.8, 4) is 0 Å². The summed E-state index contributed by atoms with van der Waals surface area (Å²) in [5.41, 5.74) is 0.893. The molecule has 4 atom stereocenters. The first kappa shape index (κ1) is 31.2. The smallest absolute Gasteiger partial charge is 0.410 e. The second-order valence-electron chi connectivity index (χ2n) is 7.40. The number of β-amino-alcohol motifs (C(OH)–C–C–N with tert-alkyl or cyclic N) is 1. The minimum Gasteiger partial charge on any atom is -0.445 e. The highest BCUT2D eigenvalue weighted by atomic mass is 16.6. The third-order valence-corrected chi connectivity index (χ3v) is 4.88. The van der Waals surface area contributed by atoms with Crippen molar-refractivity contribution in [1.29, 1.82) is 0 Å². The number of hydrogen-bond donors (Lipinski definition) is 5. The van der Waals surface area contributed by atoms with Crippen LogP contribution in [0.4, 0.5) is 4.79 Å². The summed E-state index contributed by atoms with van der Waals surface area (Å²) in [6.07, 6.45) is -1.17. The van der Waals surface area contributed by atoms with Crippen molar-refractivity contribution in [2.45, 2.75) is 57.7 Å². The Bertz CT molecular complexity index is 593. The maximum Gasteiger partial charge on any atom is 0.410 e. The van der Waals surface area contributed by atoms with Gasteiger partial charge in [0.15, 0.2) is 0 Å². The zero-order chi connectivity index (χ0) is 23.8. The third-order valence-electron chi connectivity index (χ3n) is 4.88. The van der Waals surface area contributed by atoms with E-state index in [2.05, 4.69) is 0 Å². The van der Waals surface area contributed by atoms with E-state index in [1.807, 2.05) is 30.3 Å². The number of carbonyl (C=O) groups excluding carboxylic acids is 1. The quantitative estimate of drug-likeness (QED) is 0.413. The minimum atomic E-state index is -1.03. The predicted octanol–water partition coefficient (Wildman–Crippen LogP) is 0.531. The molecular formula is C23H41NO9. The molecule has 2 heterocycles. The van der Waals surface area contributed by atoms with Gasteiger partial charge in [-0.1, -0.05) is 37.8 Å². The van der Waals surface area contributed by atoms with E-state index in [4.69, 9.17) is 29.5 Å². The monoisotopic (exact) mass is 475 g/mol. The van der Waals surface area contributed by atoms with Crippen LogP contribution in [0.1, 0.15) is 32.3 Å². The van der Waals surface area contributed by atoms with Crippen molar-refractivity contribution < 1.29 is 44.5 Å². The van der Waals surface area contributed by atoms with Crippen molar-refractivity contribution in [3.63, 3.8) is 0 Å². The fourth-order valence-electron chi connectivity index (χ4n) is 2.97. The van der Waals surface area contributed by atoms with Gasteiger partial charge in [-0.2, -0.15) is 0 Å². The van der Waals surface area contributed by atoms with E-state index in [1.165, 1.54) is 4.90 Å². The number of aliphatic hydroxyl groups is 5. The molecule has 0 spiro atoms. The first-order chi connectivity index (χ1) is 15.5. The maximum atomic E-state index is 11.9. The first-order valence-electron chi connectivity index (χ1n) is 10.8. The highest BCUT2D eigenvalue weighted by molar-refractivity contribution is 5.67. The van der Waals surface area contributed by atoms with E-state index in [0.717, 1.165) is 25.5 Å². The van der Waals surface area contributed by atoms with E-state index >= 15 is 0 Å². The molecule has 0 saturated carbocycles. The van der Waals surface area contributed by atoms with Crippen LogP contribution in [0.15, 0.2) is 30.3 Å². The number of ether oxygens (including phenoxy) is 3. The number of aliphatic hydroxyl groups excluding tert-OH is 5. The highest BCUT2D eigenvalue weighted by Crippen LogP contribution is 2.09. The lowest BCUT2D eigenvalue weighted by molar-refractivity contribution is -0.0686. The van der Waals surface area contributed by atoms with Crippen molar-refractivity contribution in [2.24, 2.45) is 0 Å². The molecule has 33 heavy (non-hydrogen) atoms. The lowest BCUT2D eigenvalue weighted by Crippen LogP contribution is -2.47. The molecule has 0 aromatic heterocycles. The van der Waals surface area contributed by atoms with Gasteiger partial charge in [0.1, 0.15) is 18.8 Å². The summed E-state index contributed by atoms with van der Waals surface area (Å²) in [6.45, 7) is 1.93. The van der Waals surface area contributed by atoms with Crippen molar-refractivity contribution >= 4 is 6.09 Å². The Hall–Kier alpha value is -1.79. The molecule has 1 aromatic carbocycles. The van der Waals surface area contributed by atoms with Crippen LogP contribution in [0.25, 0.3) is 0 Å². The number of rotatable bonds is 2. The molecule has 5 N–H and O–H groups in total. The van der Waals surface area contributed by atoms with Crippen LogP contribution < -0.4 is 0 Å². The van der Waals surface area contributed by atoms with Gasteiger partial charge in [0.25, 0.3) is 0 Å². The SMILES string of the molecule is C.CO.O=C(OCc1ccccc1)N1CCOC[C@@H](O)[C@H](O)C1.O[C@@H]1CCCCOC[C@H]1O. The second-order valence-corrected chi connectivity index (χ2v) is 7.40. The molecule has 3 rings (SSSR count). The highest BCUT2D eigenvalue weighted by Gasteiger charge is 2.26. The normalized spacial score (nSPS) is 25.7. The average Bonchev–Trinajstić information content (AvgIpc) is 2.81. The number of benzene rings is 1. The molecule has 1 aromatic rings. The van der Waals surface area contributed by atoms with Crippen LogP contribution in [0.2, 0.25) is 0 Å². The van der Waals surface area contributed by atoms with Crippen molar-refractivity contribution in [1.82, 2.24) is 4.90 Å². The Morgan fingerprint density at radius 1 is 0.939 bits per heavy atom. The van der Waals surface area contributed by atoms with Crippen LogP contribution in [-0.2, 0) is 20.8 Å². The summed E-state index contributed by atoms with van der Waals surface area (Å²) in [5.74, 6) is 0. The molecule has 2 aliphatic heterocycles. The summed E-state index contributed by atoms with van der Waals surface area (Å²) < 4.78 is 15.4. The second kappa shape index (κ2) is 18.6. The van der Waals surface area contributed by atoms with E-state index in [0.29, 0.717) is 26.2 Å². The zero-order valence-corrected chi connectivity index (χ0v) is 18.6. The van der Waals surface area contributed by atoms with Crippen LogP contribution in [-0.4, -0.2) is 108 Å². The van der Waals surface area contributed by atoms with Gasteiger partial charge in [-0.15, -0.1) is 0 Å². The summed E-state index contributed by atoms with van der Waals surface area (Å²) in [7, 11) is 1.00. The molecule has 10 nitrogen and oxygen atoms in total. The van der Waals surface area contributed by atoms with Gasteiger partial charge in [0.05, 0.1) is 38.6 Å². The molecule has 0 bridgehead atoms. The Kier molecular flexibility index (Phi) is 17.6.